The smallest absolute Gasteiger partial charge is 0.125 e. The highest BCUT2D eigenvalue weighted by Crippen LogP contribution is 2.90. The second-order valence-electron chi connectivity index (χ2n) is 8.46. The Kier molecular flexibility index (Phi) is 1.54. The van der Waals surface area contributed by atoms with Gasteiger partial charge in [0.2, 0.25) is 0 Å². The van der Waals surface area contributed by atoms with E-state index in [0.29, 0.717) is 17.9 Å². The number of hydrogen-bond donors (Lipinski definition) is 1. The van der Waals surface area contributed by atoms with Gasteiger partial charge >= 0.3 is 0 Å². The summed E-state index contributed by atoms with van der Waals surface area (Å²) in [4.78, 5) is 2.51. The molecule has 5 saturated carbocycles. The fourth-order valence-electron chi connectivity index (χ4n) is 8.60. The van der Waals surface area contributed by atoms with Crippen LogP contribution < -0.4 is 0 Å². The van der Waals surface area contributed by atoms with E-state index >= 15 is 0 Å². The topological polar surface area (TPSA) is 23.5 Å². The van der Waals surface area contributed by atoms with Gasteiger partial charge in [0.25, 0.3) is 0 Å². The van der Waals surface area contributed by atoms with Gasteiger partial charge in [-0.3, -0.25) is 4.90 Å². The highest BCUT2D eigenvalue weighted by atomic mass is 35.5. The molecular weight excluding hydrogens is 282 g/mol. The Morgan fingerprint density at radius 1 is 1.14 bits per heavy atom. The quantitative estimate of drug-likeness (QED) is 0.907. The summed E-state index contributed by atoms with van der Waals surface area (Å²) in [6, 6.07) is 8.88. The van der Waals surface area contributed by atoms with E-state index in [1.807, 2.05) is 12.1 Å². The Hall–Kier alpha value is -0.570. The van der Waals surface area contributed by atoms with Crippen molar-refractivity contribution in [1.29, 1.82) is 0 Å². The van der Waals surface area contributed by atoms with E-state index < -0.39 is 5.72 Å². The fourth-order valence-corrected chi connectivity index (χ4v) is 8.81. The van der Waals surface area contributed by atoms with Gasteiger partial charge in [0.1, 0.15) is 5.72 Å². The molecule has 7 aliphatic rings. The molecule has 2 nitrogen and oxygen atoms in total. The van der Waals surface area contributed by atoms with Gasteiger partial charge in [0, 0.05) is 29.4 Å². The molecule has 2 saturated heterocycles. The molecule has 1 aromatic carbocycles. The molecule has 0 spiro atoms. The molecule has 10 atom stereocenters. The molecule has 0 aromatic heterocycles. The first-order chi connectivity index (χ1) is 10.2. The van der Waals surface area contributed by atoms with Crippen LogP contribution >= 0.6 is 11.6 Å². The largest absolute Gasteiger partial charge is 0.375 e. The predicted molar refractivity (Wildman–Crippen MR) is 78.3 cm³/mol. The number of halogens is 1. The molecule has 7 fully saturated rings. The second kappa shape index (κ2) is 2.93. The van der Waals surface area contributed by atoms with Crippen molar-refractivity contribution < 1.29 is 5.11 Å². The Bertz CT molecular complexity index is 706. The summed E-state index contributed by atoms with van der Waals surface area (Å²) < 4.78 is 0. The first kappa shape index (κ1) is 11.0. The highest BCUT2D eigenvalue weighted by Gasteiger charge is 2.93. The molecule has 0 radical (unpaired) electrons. The third-order valence-electron chi connectivity index (χ3n) is 8.45. The van der Waals surface area contributed by atoms with E-state index in [-0.39, 0.29) is 0 Å². The molecule has 108 valence electrons. The van der Waals surface area contributed by atoms with Crippen molar-refractivity contribution in [2.75, 3.05) is 0 Å². The van der Waals surface area contributed by atoms with Crippen LogP contribution in [0.15, 0.2) is 24.3 Å². The van der Waals surface area contributed by atoms with Gasteiger partial charge in [-0.2, -0.15) is 0 Å². The second-order valence-corrected chi connectivity index (χ2v) is 8.89. The maximum atomic E-state index is 11.6. The van der Waals surface area contributed by atoms with Crippen molar-refractivity contribution in [3.05, 3.63) is 34.9 Å². The Balaban J connectivity index is 1.36. The average Bonchev–Trinajstić information content (AvgIpc) is 3.04. The minimum Gasteiger partial charge on any atom is -0.375 e. The third kappa shape index (κ3) is 0.848. The molecule has 10 unspecified atom stereocenters. The van der Waals surface area contributed by atoms with Gasteiger partial charge in [-0.15, -0.1) is 0 Å². The van der Waals surface area contributed by atoms with Crippen molar-refractivity contribution in [2.24, 2.45) is 47.3 Å². The molecule has 0 amide bonds. The number of nitrogens with zero attached hydrogens (tertiary/aromatic N) is 1. The Morgan fingerprint density at radius 3 is 2.90 bits per heavy atom. The molecule has 8 rings (SSSR count). The number of rotatable bonds is 2. The van der Waals surface area contributed by atoms with E-state index in [9.17, 15) is 5.11 Å². The van der Waals surface area contributed by atoms with Crippen molar-refractivity contribution in [3.63, 3.8) is 0 Å². The van der Waals surface area contributed by atoms with E-state index in [1.54, 1.807) is 0 Å². The monoisotopic (exact) mass is 299 g/mol. The minimum atomic E-state index is -0.459. The lowest BCUT2D eigenvalue weighted by Gasteiger charge is -2.45. The molecule has 21 heavy (non-hydrogen) atoms. The van der Waals surface area contributed by atoms with E-state index in [4.69, 9.17) is 11.6 Å². The van der Waals surface area contributed by atoms with Crippen LogP contribution in [0.25, 0.3) is 0 Å². The summed E-state index contributed by atoms with van der Waals surface area (Å²) >= 11 is 6.15. The minimum absolute atomic E-state index is 0.459. The van der Waals surface area contributed by atoms with Crippen LogP contribution in [0.3, 0.4) is 0 Å². The first-order valence-corrected chi connectivity index (χ1v) is 8.82. The first-order valence-electron chi connectivity index (χ1n) is 8.45. The lowest BCUT2D eigenvalue weighted by molar-refractivity contribution is -0.134. The van der Waals surface area contributed by atoms with Gasteiger partial charge in [0.15, 0.2) is 0 Å². The van der Waals surface area contributed by atoms with Crippen LogP contribution in [0.4, 0.5) is 0 Å². The van der Waals surface area contributed by atoms with E-state index in [2.05, 4.69) is 17.0 Å². The van der Waals surface area contributed by atoms with Gasteiger partial charge in [-0.1, -0.05) is 23.7 Å². The van der Waals surface area contributed by atoms with Crippen molar-refractivity contribution >= 4 is 11.6 Å². The molecule has 1 N–H and O–H groups in total. The summed E-state index contributed by atoms with van der Waals surface area (Å²) in [5.41, 5.74) is 0.802. The Labute approximate surface area is 129 Å². The zero-order valence-electron chi connectivity index (χ0n) is 11.7. The zero-order valence-corrected chi connectivity index (χ0v) is 12.4. The summed E-state index contributed by atoms with van der Waals surface area (Å²) in [5, 5.41) is 12.4. The number of aliphatic hydroxyl groups is 1. The third-order valence-corrected chi connectivity index (χ3v) is 8.69. The van der Waals surface area contributed by atoms with Crippen molar-refractivity contribution in [3.8, 4) is 0 Å². The lowest BCUT2D eigenvalue weighted by atomic mass is 9.59. The number of benzene rings is 1. The summed E-state index contributed by atoms with van der Waals surface area (Å²) in [5.74, 6) is 6.59. The van der Waals surface area contributed by atoms with Crippen LogP contribution in [0.2, 0.25) is 5.02 Å². The summed E-state index contributed by atoms with van der Waals surface area (Å²) in [7, 11) is 0. The molecular formula is C18H18ClNO. The zero-order chi connectivity index (χ0) is 13.7. The van der Waals surface area contributed by atoms with Crippen LogP contribution in [0, 0.1) is 47.3 Å². The maximum absolute atomic E-state index is 11.6. The van der Waals surface area contributed by atoms with Crippen LogP contribution in [0.1, 0.15) is 12.0 Å². The standard InChI is InChI=1S/C18H18ClNO/c19-8-3-1-2-7(4-8)6-20-17-13-9-5-10-12-11(9)14(17)16(12)18(20,21)15(10)13/h1-4,9-17,21H,5-6H2. The molecule has 2 aliphatic heterocycles. The van der Waals surface area contributed by atoms with Gasteiger partial charge < -0.3 is 5.11 Å². The SMILES string of the molecule is OC12C3C4CC5C6C4C1C6C(C53)N2Cc1cccc(Cl)c1. The van der Waals surface area contributed by atoms with Gasteiger partial charge in [-0.05, 0) is 59.6 Å². The van der Waals surface area contributed by atoms with Crippen molar-refractivity contribution in [1.82, 2.24) is 4.90 Å². The summed E-state index contributed by atoms with van der Waals surface area (Å²) in [6.07, 6.45) is 1.45. The molecule has 1 aromatic rings. The molecule has 3 heteroatoms. The van der Waals surface area contributed by atoms with Gasteiger partial charge in [-0.25, -0.2) is 0 Å². The number of hydrogen-bond acceptors (Lipinski definition) is 2. The maximum Gasteiger partial charge on any atom is 0.125 e. The van der Waals surface area contributed by atoms with Crippen molar-refractivity contribution in [2.45, 2.75) is 24.7 Å². The Morgan fingerprint density at radius 2 is 2.05 bits per heavy atom. The van der Waals surface area contributed by atoms with Crippen LogP contribution in [-0.2, 0) is 6.54 Å². The van der Waals surface area contributed by atoms with Gasteiger partial charge in [0.05, 0.1) is 0 Å². The normalized spacial score (nSPS) is 63.2. The summed E-state index contributed by atoms with van der Waals surface area (Å²) in [6.45, 7) is 0.889. The van der Waals surface area contributed by atoms with E-state index in [1.165, 1.54) is 12.0 Å². The van der Waals surface area contributed by atoms with Crippen LogP contribution in [-0.4, -0.2) is 21.8 Å². The average molecular weight is 300 g/mol. The fraction of sp³-hybridized carbons (Fsp3) is 0.667. The molecule has 4 bridgehead atoms. The predicted octanol–water partition coefficient (Wildman–Crippen LogP) is 2.60. The lowest BCUT2D eigenvalue weighted by Crippen LogP contribution is -2.50. The van der Waals surface area contributed by atoms with E-state index in [0.717, 1.165) is 47.1 Å². The van der Waals surface area contributed by atoms with Crippen LogP contribution in [0.5, 0.6) is 0 Å². The molecule has 2 heterocycles. The highest BCUT2D eigenvalue weighted by molar-refractivity contribution is 6.30. The molecule has 5 aliphatic carbocycles.